The molecule has 0 amide bonds. The molecule has 166 valence electrons. The number of fused-ring (bicyclic) bond motifs is 3. The summed E-state index contributed by atoms with van der Waals surface area (Å²) in [6.45, 7) is 7.31. The summed E-state index contributed by atoms with van der Waals surface area (Å²) in [6.07, 6.45) is 1.45. The van der Waals surface area contributed by atoms with Crippen LogP contribution in [-0.4, -0.2) is 47.4 Å². The SMILES string of the molecule is CCCc1nc(C)cc2c1C(=O)c1cc(OCC(C)(C)CO)cc(OCCO)c(=O)c1-2. The third-order valence-corrected chi connectivity index (χ3v) is 5.14. The summed E-state index contributed by atoms with van der Waals surface area (Å²) in [5, 5.41) is 18.7. The average molecular weight is 427 g/mol. The highest BCUT2D eigenvalue weighted by molar-refractivity contribution is 6.22. The van der Waals surface area contributed by atoms with Gasteiger partial charge in [-0.15, -0.1) is 0 Å². The van der Waals surface area contributed by atoms with Crippen LogP contribution in [0, 0.1) is 12.3 Å². The van der Waals surface area contributed by atoms with Crippen LogP contribution in [0.4, 0.5) is 0 Å². The van der Waals surface area contributed by atoms with Gasteiger partial charge in [0.15, 0.2) is 11.5 Å². The van der Waals surface area contributed by atoms with Crippen molar-refractivity contribution in [3.8, 4) is 22.6 Å². The second-order valence-electron chi connectivity index (χ2n) is 8.57. The highest BCUT2D eigenvalue weighted by Crippen LogP contribution is 2.38. The smallest absolute Gasteiger partial charge is 0.229 e. The van der Waals surface area contributed by atoms with E-state index in [2.05, 4.69) is 4.98 Å². The van der Waals surface area contributed by atoms with E-state index in [1.165, 1.54) is 6.07 Å². The third kappa shape index (κ3) is 4.62. The standard InChI is InChI=1S/C24H29NO6/c1-5-6-18-21-16(9-14(2)25-18)20-17(22(21)28)10-15(31-13-24(3,4)12-27)11-19(23(20)29)30-8-7-26/h9-11,26-27H,5-8,12-13H2,1-4H3. The van der Waals surface area contributed by atoms with Crippen molar-refractivity contribution >= 4 is 5.78 Å². The van der Waals surface area contributed by atoms with Gasteiger partial charge in [0.25, 0.3) is 0 Å². The largest absolute Gasteiger partial charge is 0.493 e. The van der Waals surface area contributed by atoms with Gasteiger partial charge in [-0.1, -0.05) is 27.2 Å². The molecule has 2 N–H and O–H groups in total. The number of ketones is 1. The van der Waals surface area contributed by atoms with Crippen molar-refractivity contribution in [3.05, 3.63) is 50.9 Å². The molecule has 3 rings (SSSR count). The van der Waals surface area contributed by atoms with Gasteiger partial charge in [0.1, 0.15) is 12.4 Å². The number of hydrogen-bond donors (Lipinski definition) is 2. The Kier molecular flexibility index (Phi) is 6.77. The fourth-order valence-electron chi connectivity index (χ4n) is 3.55. The molecule has 0 radical (unpaired) electrons. The Hall–Kier alpha value is -2.77. The minimum atomic E-state index is -0.508. The van der Waals surface area contributed by atoms with Crippen LogP contribution in [0.25, 0.3) is 11.1 Å². The highest BCUT2D eigenvalue weighted by atomic mass is 16.5. The van der Waals surface area contributed by atoms with E-state index in [1.807, 2.05) is 27.7 Å². The van der Waals surface area contributed by atoms with Crippen molar-refractivity contribution in [3.63, 3.8) is 0 Å². The number of carbonyl (C=O) groups is 1. The van der Waals surface area contributed by atoms with Crippen molar-refractivity contribution in [1.82, 2.24) is 4.98 Å². The fourth-order valence-corrected chi connectivity index (χ4v) is 3.55. The molecule has 0 saturated heterocycles. The maximum atomic E-state index is 13.4. The molecule has 31 heavy (non-hydrogen) atoms. The van der Waals surface area contributed by atoms with Crippen LogP contribution in [-0.2, 0) is 6.42 Å². The van der Waals surface area contributed by atoms with E-state index >= 15 is 0 Å². The molecule has 0 atom stereocenters. The Bertz CT molecular complexity index is 1060. The minimum absolute atomic E-state index is 0.000684. The molecule has 7 nitrogen and oxygen atoms in total. The van der Waals surface area contributed by atoms with Gasteiger partial charge in [-0.2, -0.15) is 0 Å². The van der Waals surface area contributed by atoms with Crippen LogP contribution >= 0.6 is 0 Å². The summed E-state index contributed by atoms with van der Waals surface area (Å²) in [7, 11) is 0. The third-order valence-electron chi connectivity index (χ3n) is 5.14. The molecule has 0 spiro atoms. The van der Waals surface area contributed by atoms with Crippen LogP contribution in [0.3, 0.4) is 0 Å². The van der Waals surface area contributed by atoms with Gasteiger partial charge in [0, 0.05) is 33.9 Å². The van der Waals surface area contributed by atoms with E-state index < -0.39 is 10.8 Å². The van der Waals surface area contributed by atoms with Gasteiger partial charge in [0.2, 0.25) is 5.43 Å². The zero-order valence-electron chi connectivity index (χ0n) is 18.4. The van der Waals surface area contributed by atoms with Gasteiger partial charge >= 0.3 is 0 Å². The fraction of sp³-hybridized carbons (Fsp3) is 0.458. The maximum Gasteiger partial charge on any atom is 0.229 e. The van der Waals surface area contributed by atoms with E-state index in [0.717, 1.165) is 12.1 Å². The summed E-state index contributed by atoms with van der Waals surface area (Å²) >= 11 is 0. The molecule has 0 fully saturated rings. The van der Waals surface area contributed by atoms with Crippen molar-refractivity contribution < 1.29 is 24.5 Å². The van der Waals surface area contributed by atoms with Crippen LogP contribution in [0.5, 0.6) is 11.5 Å². The summed E-state index contributed by atoms with van der Waals surface area (Å²) in [5.74, 6) is 0.0311. The number of aryl methyl sites for hydroxylation is 2. The number of ether oxygens (including phenoxy) is 2. The molecule has 1 aliphatic rings. The van der Waals surface area contributed by atoms with Gasteiger partial charge in [-0.3, -0.25) is 14.6 Å². The first kappa shape index (κ1) is 22.9. The Morgan fingerprint density at radius 1 is 1.03 bits per heavy atom. The summed E-state index contributed by atoms with van der Waals surface area (Å²) in [6, 6.07) is 4.76. The molecule has 0 bridgehead atoms. The van der Waals surface area contributed by atoms with Gasteiger partial charge in [0.05, 0.1) is 31.1 Å². The van der Waals surface area contributed by atoms with Gasteiger partial charge in [-0.25, -0.2) is 0 Å². The second kappa shape index (κ2) is 9.16. The zero-order valence-corrected chi connectivity index (χ0v) is 18.4. The van der Waals surface area contributed by atoms with E-state index in [9.17, 15) is 14.7 Å². The van der Waals surface area contributed by atoms with Crippen molar-refractivity contribution in [1.29, 1.82) is 0 Å². The van der Waals surface area contributed by atoms with Gasteiger partial charge < -0.3 is 19.7 Å². The number of aliphatic hydroxyl groups excluding tert-OH is 2. The molecule has 1 heterocycles. The zero-order chi connectivity index (χ0) is 22.8. The van der Waals surface area contributed by atoms with E-state index in [-0.39, 0.29) is 54.8 Å². The number of aliphatic hydroxyl groups is 2. The predicted molar refractivity (Wildman–Crippen MR) is 117 cm³/mol. The molecule has 2 aromatic rings. The molecule has 0 unspecified atom stereocenters. The van der Waals surface area contributed by atoms with Crippen molar-refractivity contribution in [2.24, 2.45) is 5.41 Å². The van der Waals surface area contributed by atoms with Crippen LogP contribution in [0.15, 0.2) is 23.0 Å². The Morgan fingerprint density at radius 2 is 1.77 bits per heavy atom. The molecule has 1 aromatic heterocycles. The van der Waals surface area contributed by atoms with Crippen molar-refractivity contribution in [2.45, 2.75) is 40.5 Å². The number of rotatable bonds is 9. The number of hydrogen-bond acceptors (Lipinski definition) is 7. The van der Waals surface area contributed by atoms with E-state index in [4.69, 9.17) is 14.6 Å². The highest BCUT2D eigenvalue weighted by Gasteiger charge is 2.33. The van der Waals surface area contributed by atoms with E-state index in [0.29, 0.717) is 23.2 Å². The molecule has 1 aliphatic carbocycles. The lowest BCUT2D eigenvalue weighted by atomic mass is 9.96. The van der Waals surface area contributed by atoms with Gasteiger partial charge in [-0.05, 0) is 25.5 Å². The molecule has 0 saturated carbocycles. The minimum Gasteiger partial charge on any atom is -0.493 e. The van der Waals surface area contributed by atoms with Crippen LogP contribution in [0.1, 0.15) is 54.5 Å². The molecule has 1 aromatic carbocycles. The second-order valence-corrected chi connectivity index (χ2v) is 8.57. The van der Waals surface area contributed by atoms with E-state index in [1.54, 1.807) is 12.1 Å². The summed E-state index contributed by atoms with van der Waals surface area (Å²) in [4.78, 5) is 31.3. The monoisotopic (exact) mass is 427 g/mol. The summed E-state index contributed by atoms with van der Waals surface area (Å²) in [5.41, 5.74) is 2.02. The van der Waals surface area contributed by atoms with Crippen LogP contribution in [0.2, 0.25) is 0 Å². The number of nitrogens with zero attached hydrogens (tertiary/aromatic N) is 1. The lowest BCUT2D eigenvalue weighted by molar-refractivity contribution is 0.0970. The Balaban J connectivity index is 2.23. The maximum absolute atomic E-state index is 13.4. The lowest BCUT2D eigenvalue weighted by Gasteiger charge is -2.21. The molecule has 7 heteroatoms. The molecular formula is C24H29NO6. The predicted octanol–water partition coefficient (Wildman–Crippen LogP) is 2.68. The normalized spacial score (nSPS) is 12.5. The topological polar surface area (TPSA) is 106 Å². The summed E-state index contributed by atoms with van der Waals surface area (Å²) < 4.78 is 11.4. The first-order chi connectivity index (χ1) is 14.7. The number of pyridine rings is 1. The number of carbonyl (C=O) groups excluding carboxylic acids is 1. The van der Waals surface area contributed by atoms with Crippen molar-refractivity contribution in [2.75, 3.05) is 26.4 Å². The van der Waals surface area contributed by atoms with Crippen LogP contribution < -0.4 is 14.9 Å². The first-order valence-corrected chi connectivity index (χ1v) is 10.5. The first-order valence-electron chi connectivity index (χ1n) is 10.5. The average Bonchev–Trinajstić information content (AvgIpc) is 2.90. The quantitative estimate of drug-likeness (QED) is 0.541. The number of aromatic nitrogens is 1. The Labute approximate surface area is 181 Å². The Morgan fingerprint density at radius 3 is 2.42 bits per heavy atom. The molecule has 0 aliphatic heterocycles. The molecular weight excluding hydrogens is 398 g/mol. The lowest BCUT2D eigenvalue weighted by Crippen LogP contribution is -2.25.